The third-order valence-electron chi connectivity index (χ3n) is 4.45. The summed E-state index contributed by atoms with van der Waals surface area (Å²) < 4.78 is 5.34. The average Bonchev–Trinajstić information content (AvgIpc) is 2.47. The molecule has 0 saturated heterocycles. The van der Waals surface area contributed by atoms with E-state index in [0.29, 0.717) is 12.2 Å². The van der Waals surface area contributed by atoms with Gasteiger partial charge in [-0.25, -0.2) is 0 Å². The van der Waals surface area contributed by atoms with Crippen LogP contribution in [0.5, 0.6) is 0 Å². The summed E-state index contributed by atoms with van der Waals surface area (Å²) in [4.78, 5) is 12.4. The number of fused-ring (bicyclic) bond motifs is 1. The van der Waals surface area contributed by atoms with Gasteiger partial charge in [0.05, 0.1) is 7.11 Å². The Kier molecular flexibility index (Phi) is 3.47. The van der Waals surface area contributed by atoms with Crippen LogP contribution in [0.3, 0.4) is 0 Å². The summed E-state index contributed by atoms with van der Waals surface area (Å²) in [7, 11) is 1.70. The molecule has 0 heterocycles. The summed E-state index contributed by atoms with van der Waals surface area (Å²) in [5, 5.41) is 0. The SMILES string of the molecule is COC1=CCC(C2C(=O)CCc3ccccc32)C=C1C. The van der Waals surface area contributed by atoms with Gasteiger partial charge in [-0.15, -0.1) is 0 Å². The minimum Gasteiger partial charge on any atom is -0.497 e. The Bertz CT molecular complexity index is 595. The molecule has 0 spiro atoms. The van der Waals surface area contributed by atoms with Gasteiger partial charge in [0.1, 0.15) is 11.5 Å². The number of rotatable bonds is 2. The molecular weight excluding hydrogens is 248 g/mol. The lowest BCUT2D eigenvalue weighted by atomic mass is 9.72. The van der Waals surface area contributed by atoms with Crippen LogP contribution in [-0.4, -0.2) is 12.9 Å². The van der Waals surface area contributed by atoms with Crippen LogP contribution in [0, 0.1) is 5.92 Å². The summed E-state index contributed by atoms with van der Waals surface area (Å²) in [6.45, 7) is 2.06. The van der Waals surface area contributed by atoms with Crippen LogP contribution >= 0.6 is 0 Å². The number of methoxy groups -OCH3 is 1. The quantitative estimate of drug-likeness (QED) is 0.816. The molecule has 2 heteroatoms. The molecule has 0 amide bonds. The van der Waals surface area contributed by atoms with E-state index in [4.69, 9.17) is 4.74 Å². The van der Waals surface area contributed by atoms with E-state index in [1.807, 2.05) is 6.07 Å². The second-order valence-electron chi connectivity index (χ2n) is 5.66. The van der Waals surface area contributed by atoms with Crippen molar-refractivity contribution >= 4 is 5.78 Å². The first-order valence-electron chi connectivity index (χ1n) is 7.24. The highest BCUT2D eigenvalue weighted by molar-refractivity contribution is 5.88. The van der Waals surface area contributed by atoms with E-state index in [-0.39, 0.29) is 11.8 Å². The van der Waals surface area contributed by atoms with E-state index < -0.39 is 0 Å². The Morgan fingerprint density at radius 1 is 1.20 bits per heavy atom. The second-order valence-corrected chi connectivity index (χ2v) is 5.66. The largest absolute Gasteiger partial charge is 0.497 e. The van der Waals surface area contributed by atoms with Gasteiger partial charge in [0.15, 0.2) is 0 Å². The number of benzene rings is 1. The monoisotopic (exact) mass is 268 g/mol. The van der Waals surface area contributed by atoms with Gasteiger partial charge in [-0.3, -0.25) is 4.79 Å². The topological polar surface area (TPSA) is 26.3 Å². The summed E-state index contributed by atoms with van der Waals surface area (Å²) in [5.41, 5.74) is 3.70. The molecule has 0 fully saturated rings. The lowest BCUT2D eigenvalue weighted by molar-refractivity contribution is -0.121. The molecule has 3 rings (SSSR count). The molecule has 2 aliphatic carbocycles. The van der Waals surface area contributed by atoms with Crippen LogP contribution < -0.4 is 0 Å². The Balaban J connectivity index is 1.95. The molecule has 2 atom stereocenters. The minimum atomic E-state index is 0.0181. The van der Waals surface area contributed by atoms with Crippen molar-refractivity contribution in [2.45, 2.75) is 32.1 Å². The van der Waals surface area contributed by atoms with Gasteiger partial charge in [-0.1, -0.05) is 30.3 Å². The molecule has 0 aliphatic heterocycles. The number of ether oxygens (including phenoxy) is 1. The number of allylic oxidation sites excluding steroid dienone is 3. The second kappa shape index (κ2) is 5.28. The molecule has 1 aromatic carbocycles. The molecular formula is C18H20O2. The fourth-order valence-corrected chi connectivity index (χ4v) is 3.47. The van der Waals surface area contributed by atoms with E-state index in [2.05, 4.69) is 37.3 Å². The first-order chi connectivity index (χ1) is 9.70. The molecule has 0 N–H and O–H groups in total. The zero-order chi connectivity index (χ0) is 14.1. The van der Waals surface area contributed by atoms with Crippen LogP contribution in [0.4, 0.5) is 0 Å². The van der Waals surface area contributed by atoms with Crippen molar-refractivity contribution in [1.29, 1.82) is 0 Å². The number of carbonyl (C=O) groups is 1. The number of aryl methyl sites for hydroxylation is 1. The summed E-state index contributed by atoms with van der Waals surface area (Å²) >= 11 is 0. The highest BCUT2D eigenvalue weighted by atomic mass is 16.5. The van der Waals surface area contributed by atoms with Crippen LogP contribution in [-0.2, 0) is 16.0 Å². The smallest absolute Gasteiger partial charge is 0.141 e. The molecule has 0 aromatic heterocycles. The van der Waals surface area contributed by atoms with E-state index >= 15 is 0 Å². The van der Waals surface area contributed by atoms with Crippen LogP contribution in [0.2, 0.25) is 0 Å². The van der Waals surface area contributed by atoms with Crippen molar-refractivity contribution in [3.8, 4) is 0 Å². The van der Waals surface area contributed by atoms with E-state index in [0.717, 1.165) is 24.2 Å². The predicted octanol–water partition coefficient (Wildman–Crippen LogP) is 3.78. The Labute approximate surface area is 120 Å². The number of carbonyl (C=O) groups excluding carboxylic acids is 1. The number of hydrogen-bond acceptors (Lipinski definition) is 2. The molecule has 20 heavy (non-hydrogen) atoms. The maximum absolute atomic E-state index is 12.4. The first-order valence-corrected chi connectivity index (χ1v) is 7.24. The van der Waals surface area contributed by atoms with Crippen molar-refractivity contribution in [1.82, 2.24) is 0 Å². The molecule has 2 aliphatic rings. The van der Waals surface area contributed by atoms with Gasteiger partial charge < -0.3 is 4.74 Å². The van der Waals surface area contributed by atoms with Crippen LogP contribution in [0.25, 0.3) is 0 Å². The minimum absolute atomic E-state index is 0.0181. The maximum atomic E-state index is 12.4. The summed E-state index contributed by atoms with van der Waals surface area (Å²) in [6, 6.07) is 8.39. The molecule has 0 saturated carbocycles. The highest BCUT2D eigenvalue weighted by Gasteiger charge is 2.33. The third kappa shape index (κ3) is 2.20. The molecule has 104 valence electrons. The van der Waals surface area contributed by atoms with Crippen LogP contribution in [0.1, 0.15) is 36.8 Å². The Morgan fingerprint density at radius 2 is 2.00 bits per heavy atom. The molecule has 1 aromatic rings. The van der Waals surface area contributed by atoms with Gasteiger partial charge in [0, 0.05) is 12.3 Å². The van der Waals surface area contributed by atoms with E-state index in [1.165, 1.54) is 11.1 Å². The van der Waals surface area contributed by atoms with Crippen molar-refractivity contribution < 1.29 is 9.53 Å². The Hall–Kier alpha value is -1.83. The third-order valence-corrected chi connectivity index (χ3v) is 4.45. The fraction of sp³-hybridized carbons (Fsp3) is 0.389. The standard InChI is InChI=1S/C18H20O2/c1-12-11-14(8-10-17(12)20-2)18-15-6-4-3-5-13(15)7-9-16(18)19/h3-6,10-11,14,18H,7-9H2,1-2H3. The summed E-state index contributed by atoms with van der Waals surface area (Å²) in [6.07, 6.45) is 6.77. The summed E-state index contributed by atoms with van der Waals surface area (Å²) in [5.74, 6) is 1.61. The van der Waals surface area contributed by atoms with Crippen molar-refractivity contribution in [3.63, 3.8) is 0 Å². The van der Waals surface area contributed by atoms with Gasteiger partial charge in [-0.2, -0.15) is 0 Å². The Morgan fingerprint density at radius 3 is 2.75 bits per heavy atom. The number of Topliss-reactive ketones (excluding diaryl/α,β-unsaturated/α-hetero) is 1. The van der Waals surface area contributed by atoms with E-state index in [9.17, 15) is 4.79 Å². The van der Waals surface area contributed by atoms with Crippen molar-refractivity contribution in [3.05, 3.63) is 58.9 Å². The van der Waals surface area contributed by atoms with Gasteiger partial charge >= 0.3 is 0 Å². The fourth-order valence-electron chi connectivity index (χ4n) is 3.47. The molecule has 2 nitrogen and oxygen atoms in total. The normalized spacial score (nSPS) is 25.6. The zero-order valence-electron chi connectivity index (χ0n) is 12.1. The molecule has 0 bridgehead atoms. The average molecular weight is 268 g/mol. The number of ketones is 1. The van der Waals surface area contributed by atoms with Gasteiger partial charge in [0.2, 0.25) is 0 Å². The molecule has 0 radical (unpaired) electrons. The zero-order valence-corrected chi connectivity index (χ0v) is 12.1. The predicted molar refractivity (Wildman–Crippen MR) is 79.5 cm³/mol. The van der Waals surface area contributed by atoms with Crippen LogP contribution in [0.15, 0.2) is 47.7 Å². The lowest BCUT2D eigenvalue weighted by Crippen LogP contribution is -2.27. The van der Waals surface area contributed by atoms with Gasteiger partial charge in [0.25, 0.3) is 0 Å². The highest BCUT2D eigenvalue weighted by Crippen LogP contribution is 2.39. The van der Waals surface area contributed by atoms with E-state index in [1.54, 1.807) is 7.11 Å². The van der Waals surface area contributed by atoms with Gasteiger partial charge in [-0.05, 0) is 48.5 Å². The van der Waals surface area contributed by atoms with Crippen molar-refractivity contribution in [2.75, 3.05) is 7.11 Å². The lowest BCUT2D eigenvalue weighted by Gasteiger charge is -2.31. The maximum Gasteiger partial charge on any atom is 0.141 e. The number of hydrogen-bond donors (Lipinski definition) is 0. The first kappa shape index (κ1) is 13.2. The molecule has 2 unspecified atom stereocenters. The van der Waals surface area contributed by atoms with Crippen molar-refractivity contribution in [2.24, 2.45) is 5.92 Å².